The minimum absolute atomic E-state index is 0.0971. The smallest absolute Gasteiger partial charge is 0.272 e. The molecule has 2 aromatic heterocycles. The summed E-state index contributed by atoms with van der Waals surface area (Å²) in [6, 6.07) is 28.9. The lowest BCUT2D eigenvalue weighted by atomic mass is 10.2. The van der Waals surface area contributed by atoms with E-state index >= 15 is 0 Å². The third kappa shape index (κ3) is 3.06. The fourth-order valence-corrected chi connectivity index (χ4v) is 3.61. The Morgan fingerprint density at radius 2 is 1.53 bits per heavy atom. The molecule has 0 saturated carbocycles. The van der Waals surface area contributed by atoms with Crippen LogP contribution >= 0.6 is 0 Å². The van der Waals surface area contributed by atoms with Crippen molar-refractivity contribution in [1.82, 2.24) is 14.2 Å². The van der Waals surface area contributed by atoms with Crippen molar-refractivity contribution in [2.24, 2.45) is 0 Å². The molecular formula is C25H19N3O2. The molecule has 5 rings (SSSR count). The largest absolute Gasteiger partial charge is 0.497 e. The lowest BCUT2D eigenvalue weighted by Crippen LogP contribution is -2.17. The van der Waals surface area contributed by atoms with Gasteiger partial charge in [0.1, 0.15) is 5.75 Å². The van der Waals surface area contributed by atoms with Gasteiger partial charge in [-0.3, -0.25) is 4.79 Å². The minimum Gasteiger partial charge on any atom is -0.497 e. The number of benzene rings is 3. The van der Waals surface area contributed by atoms with E-state index in [2.05, 4.69) is 0 Å². The summed E-state index contributed by atoms with van der Waals surface area (Å²) in [4.78, 5) is 17.9. The fourth-order valence-electron chi connectivity index (χ4n) is 3.61. The van der Waals surface area contributed by atoms with Gasteiger partial charge in [0.15, 0.2) is 5.82 Å². The summed E-state index contributed by atoms with van der Waals surface area (Å²) in [6.45, 7) is 0. The predicted octanol–water partition coefficient (Wildman–Crippen LogP) is 3.71. The van der Waals surface area contributed by atoms with Gasteiger partial charge in [0, 0.05) is 11.6 Å². The lowest BCUT2D eigenvalue weighted by Gasteiger charge is -2.07. The zero-order valence-corrected chi connectivity index (χ0v) is 16.4. The Kier molecular flexibility index (Phi) is 4.41. The molecule has 0 aliphatic heterocycles. The number of nitrogens with zero attached hydrogens (tertiary/aromatic N) is 3. The molecule has 5 nitrogen and oxygen atoms in total. The van der Waals surface area contributed by atoms with Gasteiger partial charge in [0.2, 0.25) is 0 Å². The van der Waals surface area contributed by atoms with Crippen LogP contribution < -0.4 is 15.6 Å². The van der Waals surface area contributed by atoms with Crippen LogP contribution in [0.1, 0.15) is 5.56 Å². The highest BCUT2D eigenvalue weighted by Crippen LogP contribution is 2.19. The van der Waals surface area contributed by atoms with E-state index < -0.39 is 0 Å². The number of fused-ring (bicyclic) bond motifs is 1. The van der Waals surface area contributed by atoms with Gasteiger partial charge >= 0.3 is 0 Å². The number of hydrogen-bond donors (Lipinski definition) is 0. The molecule has 146 valence electrons. The van der Waals surface area contributed by atoms with E-state index in [1.54, 1.807) is 17.9 Å². The summed E-state index contributed by atoms with van der Waals surface area (Å²) >= 11 is 0. The molecule has 5 aromatic rings. The van der Waals surface area contributed by atoms with E-state index in [1.165, 1.54) is 0 Å². The molecule has 30 heavy (non-hydrogen) atoms. The van der Waals surface area contributed by atoms with Crippen LogP contribution in [0.3, 0.4) is 0 Å². The first-order valence-electron chi connectivity index (χ1n) is 9.66. The molecule has 3 aromatic carbocycles. The van der Waals surface area contributed by atoms with Crippen molar-refractivity contribution < 1.29 is 4.74 Å². The summed E-state index contributed by atoms with van der Waals surface area (Å²) in [5, 5.41) is 0.741. The highest BCUT2D eigenvalue weighted by Gasteiger charge is 2.16. The maximum Gasteiger partial charge on any atom is 0.272 e. The molecule has 0 fully saturated rings. The van der Waals surface area contributed by atoms with Crippen LogP contribution in [-0.4, -0.2) is 21.3 Å². The summed E-state index contributed by atoms with van der Waals surface area (Å²) in [5.74, 6) is 1.51. The normalized spacial score (nSPS) is 11.8. The summed E-state index contributed by atoms with van der Waals surface area (Å²) in [6.07, 6.45) is 1.98. The second kappa shape index (κ2) is 7.37. The summed E-state index contributed by atoms with van der Waals surface area (Å²) in [5.41, 5.74) is 3.38. The Morgan fingerprint density at radius 1 is 0.867 bits per heavy atom. The molecule has 2 heterocycles. The zero-order chi connectivity index (χ0) is 20.5. The second-order valence-electron chi connectivity index (χ2n) is 6.93. The highest BCUT2D eigenvalue weighted by atomic mass is 16.5. The second-order valence-corrected chi connectivity index (χ2v) is 6.93. The van der Waals surface area contributed by atoms with Crippen molar-refractivity contribution >= 4 is 11.6 Å². The third-order valence-electron chi connectivity index (χ3n) is 5.04. The van der Waals surface area contributed by atoms with Crippen LogP contribution in [0.25, 0.3) is 28.7 Å². The maximum atomic E-state index is 13.0. The molecule has 0 aliphatic rings. The van der Waals surface area contributed by atoms with E-state index in [-0.39, 0.29) is 5.56 Å². The number of rotatable bonds is 4. The van der Waals surface area contributed by atoms with Crippen LogP contribution in [0.15, 0.2) is 95.8 Å². The lowest BCUT2D eigenvalue weighted by molar-refractivity contribution is 0.415. The monoisotopic (exact) mass is 393 g/mol. The van der Waals surface area contributed by atoms with Crippen molar-refractivity contribution in [2.45, 2.75) is 0 Å². The number of hydrogen-bond acceptors (Lipinski definition) is 3. The van der Waals surface area contributed by atoms with Crippen LogP contribution in [0.4, 0.5) is 0 Å². The Bertz CT molecular complexity index is 1420. The number of imidazole rings is 1. The first-order valence-corrected chi connectivity index (χ1v) is 9.66. The number of ether oxygens (including phenoxy) is 1. The van der Waals surface area contributed by atoms with E-state index in [0.717, 1.165) is 39.3 Å². The molecule has 5 heteroatoms. The Labute approximate surface area is 173 Å². The molecule has 0 spiro atoms. The summed E-state index contributed by atoms with van der Waals surface area (Å²) < 4.78 is 8.80. The molecule has 0 amide bonds. The van der Waals surface area contributed by atoms with Gasteiger partial charge in [0.05, 0.1) is 23.7 Å². The van der Waals surface area contributed by atoms with Crippen LogP contribution in [0, 0.1) is 0 Å². The van der Waals surface area contributed by atoms with Gasteiger partial charge in [0.25, 0.3) is 5.56 Å². The molecule has 0 saturated heterocycles. The van der Waals surface area contributed by atoms with Gasteiger partial charge < -0.3 is 4.74 Å². The highest BCUT2D eigenvalue weighted by molar-refractivity contribution is 5.66. The van der Waals surface area contributed by atoms with Crippen LogP contribution in [0.2, 0.25) is 0 Å². The Balaban J connectivity index is 1.81. The van der Waals surface area contributed by atoms with Crippen molar-refractivity contribution in [1.29, 1.82) is 0 Å². The van der Waals surface area contributed by atoms with E-state index in [4.69, 9.17) is 9.72 Å². The molecule has 0 radical (unpaired) electrons. The van der Waals surface area contributed by atoms with Crippen LogP contribution in [-0.2, 0) is 0 Å². The van der Waals surface area contributed by atoms with Crippen molar-refractivity contribution in [3.8, 4) is 22.8 Å². The fraction of sp³-hybridized carbons (Fsp3) is 0.0400. The number of para-hydroxylation sites is 1. The quantitative estimate of drug-likeness (QED) is 0.468. The average Bonchev–Trinajstić information content (AvgIpc) is 3.31. The standard InChI is InChI=1S/C25H19N3O2/c1-30-21-14-12-18(13-15-21)16-22-23-17-24(29)27(20-10-6-3-7-11-20)28(23)25(26-22)19-8-4-2-5-9-19/h2-17H,1H3. The number of methoxy groups -OCH3 is 1. The van der Waals surface area contributed by atoms with Gasteiger partial charge in [-0.1, -0.05) is 60.7 Å². The van der Waals surface area contributed by atoms with E-state index in [0.29, 0.717) is 0 Å². The maximum absolute atomic E-state index is 13.0. The van der Waals surface area contributed by atoms with Crippen LogP contribution in [0.5, 0.6) is 5.75 Å². The zero-order valence-electron chi connectivity index (χ0n) is 16.4. The summed E-state index contributed by atoms with van der Waals surface area (Å²) in [7, 11) is 1.64. The van der Waals surface area contributed by atoms with Crippen molar-refractivity contribution in [2.75, 3.05) is 7.11 Å². The third-order valence-corrected chi connectivity index (χ3v) is 5.04. The van der Waals surface area contributed by atoms with Crippen molar-refractivity contribution in [3.05, 3.63) is 112 Å². The first-order chi connectivity index (χ1) is 14.7. The minimum atomic E-state index is -0.0971. The first kappa shape index (κ1) is 17.9. The van der Waals surface area contributed by atoms with E-state index in [1.807, 2.05) is 95.5 Å². The molecule has 0 bridgehead atoms. The van der Waals surface area contributed by atoms with E-state index in [9.17, 15) is 4.79 Å². The van der Waals surface area contributed by atoms with Gasteiger partial charge in [-0.05, 0) is 35.9 Å². The molecule has 0 N–H and O–H groups in total. The van der Waals surface area contributed by atoms with Gasteiger partial charge in [-0.2, -0.15) is 0 Å². The average molecular weight is 393 g/mol. The molecule has 0 atom stereocenters. The van der Waals surface area contributed by atoms with Gasteiger partial charge in [-0.15, -0.1) is 0 Å². The number of aromatic nitrogens is 3. The topological polar surface area (TPSA) is 48.5 Å². The van der Waals surface area contributed by atoms with Gasteiger partial charge in [-0.25, -0.2) is 14.2 Å². The van der Waals surface area contributed by atoms with Crippen molar-refractivity contribution in [3.63, 3.8) is 0 Å². The molecule has 0 aliphatic carbocycles. The Morgan fingerprint density at radius 3 is 2.20 bits per heavy atom. The predicted molar refractivity (Wildman–Crippen MR) is 118 cm³/mol. The SMILES string of the molecule is COc1ccc(C=c2nc(-c3ccccc3)n3c2cc(=O)n3-c2ccccc2)cc1. The molecular weight excluding hydrogens is 374 g/mol. The Hall–Kier alpha value is -4.12. The molecule has 0 unspecified atom stereocenters.